The topological polar surface area (TPSA) is 96.9 Å². The van der Waals surface area contributed by atoms with E-state index in [1.54, 1.807) is 45.0 Å². The zero-order valence-electron chi connectivity index (χ0n) is 19.0. The highest BCUT2D eigenvalue weighted by Crippen LogP contribution is 2.26. The number of ether oxygens (including phenoxy) is 3. The van der Waals surface area contributed by atoms with Crippen LogP contribution in [0.1, 0.15) is 72.9 Å². The van der Waals surface area contributed by atoms with Crippen LogP contribution in [0.2, 0.25) is 0 Å². The summed E-state index contributed by atoms with van der Waals surface area (Å²) < 4.78 is 31.2. The lowest BCUT2D eigenvalue weighted by molar-refractivity contribution is -0.158. The first-order chi connectivity index (χ1) is 13.8. The number of rotatable bonds is 9. The summed E-state index contributed by atoms with van der Waals surface area (Å²) in [5, 5.41) is 0. The second kappa shape index (κ2) is 11.6. The van der Waals surface area contributed by atoms with Gasteiger partial charge in [-0.2, -0.15) is 0 Å². The standard InChI is InChI=1S/C22H35NO6S/c1-8-9-15-27-19(24)18(28-20(25)29-21(2,3)4)17(16-13-11-10-12-14-16)23-30(26)22(5,6)7/h10-14,17-18,23H,8-9,15H2,1-7H3/t17-,18+,30?/m0/s1. The Morgan fingerprint density at radius 3 is 2.20 bits per heavy atom. The van der Waals surface area contributed by atoms with Gasteiger partial charge in [0.25, 0.3) is 0 Å². The molecule has 0 aromatic heterocycles. The Labute approximate surface area is 183 Å². The van der Waals surface area contributed by atoms with Crippen LogP contribution < -0.4 is 4.72 Å². The summed E-state index contributed by atoms with van der Waals surface area (Å²) in [4.78, 5) is 25.2. The molecule has 1 rings (SSSR count). The minimum Gasteiger partial charge on any atom is -0.598 e. The normalized spacial score (nSPS) is 15.1. The zero-order chi connectivity index (χ0) is 22.9. The monoisotopic (exact) mass is 441 g/mol. The van der Waals surface area contributed by atoms with Crippen LogP contribution in [-0.4, -0.2) is 39.7 Å². The Hall–Kier alpha value is -1.77. The molecule has 0 fully saturated rings. The van der Waals surface area contributed by atoms with Gasteiger partial charge in [-0.05, 0) is 53.5 Å². The summed E-state index contributed by atoms with van der Waals surface area (Å²) in [6.07, 6.45) is -0.837. The molecule has 1 unspecified atom stereocenters. The molecule has 3 atom stereocenters. The molecular formula is C22H35NO6S. The first-order valence-corrected chi connectivity index (χ1v) is 11.3. The molecule has 8 heteroatoms. The molecule has 0 aliphatic rings. The molecule has 170 valence electrons. The maximum absolute atomic E-state index is 12.9. The number of nitrogens with one attached hydrogen (secondary N) is 1. The molecular weight excluding hydrogens is 406 g/mol. The first kappa shape index (κ1) is 26.3. The maximum Gasteiger partial charge on any atom is 0.509 e. The lowest BCUT2D eigenvalue weighted by Crippen LogP contribution is -2.48. The summed E-state index contributed by atoms with van der Waals surface area (Å²) in [5.74, 6) is -0.721. The first-order valence-electron chi connectivity index (χ1n) is 10.1. The fraction of sp³-hybridized carbons (Fsp3) is 0.636. The van der Waals surface area contributed by atoms with Gasteiger partial charge in [0.05, 0.1) is 6.61 Å². The van der Waals surface area contributed by atoms with Gasteiger partial charge in [0.1, 0.15) is 16.4 Å². The van der Waals surface area contributed by atoms with E-state index in [4.69, 9.17) is 14.2 Å². The lowest BCUT2D eigenvalue weighted by atomic mass is 10.0. The van der Waals surface area contributed by atoms with Crippen molar-refractivity contribution in [2.24, 2.45) is 0 Å². The van der Waals surface area contributed by atoms with Gasteiger partial charge in [-0.3, -0.25) is 0 Å². The van der Waals surface area contributed by atoms with Crippen molar-refractivity contribution in [1.82, 2.24) is 4.72 Å². The smallest absolute Gasteiger partial charge is 0.509 e. The predicted octanol–water partition coefficient (Wildman–Crippen LogP) is 4.44. The van der Waals surface area contributed by atoms with Gasteiger partial charge >= 0.3 is 12.1 Å². The summed E-state index contributed by atoms with van der Waals surface area (Å²) in [6, 6.07) is 8.05. The highest BCUT2D eigenvalue weighted by Gasteiger charge is 2.41. The van der Waals surface area contributed by atoms with Crippen LogP contribution in [0.3, 0.4) is 0 Å². The largest absolute Gasteiger partial charge is 0.598 e. The molecule has 0 saturated heterocycles. The number of carbonyl (C=O) groups excluding carboxylic acids is 2. The van der Waals surface area contributed by atoms with Gasteiger partial charge in [0.2, 0.25) is 6.10 Å². The Balaban J connectivity index is 3.24. The van der Waals surface area contributed by atoms with Crippen LogP contribution in [0.15, 0.2) is 30.3 Å². The van der Waals surface area contributed by atoms with Gasteiger partial charge < -0.3 is 18.8 Å². The fourth-order valence-corrected chi connectivity index (χ4v) is 3.13. The number of esters is 1. The molecule has 0 radical (unpaired) electrons. The average Bonchev–Trinajstić information content (AvgIpc) is 2.63. The molecule has 30 heavy (non-hydrogen) atoms. The van der Waals surface area contributed by atoms with E-state index in [-0.39, 0.29) is 6.61 Å². The fourth-order valence-electron chi connectivity index (χ4n) is 2.29. The number of hydrogen-bond acceptors (Lipinski definition) is 7. The predicted molar refractivity (Wildman–Crippen MR) is 117 cm³/mol. The van der Waals surface area contributed by atoms with Crippen molar-refractivity contribution >= 4 is 23.5 Å². The van der Waals surface area contributed by atoms with E-state index in [2.05, 4.69) is 4.72 Å². The molecule has 0 spiro atoms. The molecule has 0 aliphatic carbocycles. The lowest BCUT2D eigenvalue weighted by Gasteiger charge is -2.31. The van der Waals surface area contributed by atoms with Crippen LogP contribution in [0.25, 0.3) is 0 Å². The van der Waals surface area contributed by atoms with Crippen molar-refractivity contribution < 1.29 is 28.4 Å². The molecule has 0 heterocycles. The van der Waals surface area contributed by atoms with Crippen LogP contribution in [0.4, 0.5) is 4.79 Å². The molecule has 7 nitrogen and oxygen atoms in total. The number of benzene rings is 1. The van der Waals surface area contributed by atoms with Crippen LogP contribution in [0, 0.1) is 0 Å². The molecule has 0 saturated carbocycles. The highest BCUT2D eigenvalue weighted by atomic mass is 32.2. The van der Waals surface area contributed by atoms with Crippen LogP contribution in [-0.2, 0) is 30.4 Å². The molecule has 1 N–H and O–H groups in total. The summed E-state index contributed by atoms with van der Waals surface area (Å²) in [6.45, 7) is 12.7. The molecule has 0 bridgehead atoms. The van der Waals surface area contributed by atoms with Gasteiger partial charge in [-0.15, -0.1) is 4.72 Å². The maximum atomic E-state index is 12.9. The third kappa shape index (κ3) is 9.36. The second-order valence-corrected chi connectivity index (χ2v) is 10.9. The van der Waals surface area contributed by atoms with Crippen LogP contribution in [0.5, 0.6) is 0 Å². The zero-order valence-corrected chi connectivity index (χ0v) is 19.8. The summed E-state index contributed by atoms with van der Waals surface area (Å²) >= 11 is -1.54. The summed E-state index contributed by atoms with van der Waals surface area (Å²) in [5.41, 5.74) is -0.159. The Bertz CT molecular complexity index is 668. The Kier molecular flexibility index (Phi) is 10.1. The third-order valence-corrected chi connectivity index (χ3v) is 5.42. The SMILES string of the molecule is CCCCOC(=O)[C@H](OC(=O)OC(C)(C)C)[C@@H](N[S+]([O-])C(C)(C)C)c1ccccc1. The molecule has 0 amide bonds. The number of unbranched alkanes of at least 4 members (excludes halogenated alkanes) is 1. The van der Waals surface area contributed by atoms with Crippen molar-refractivity contribution in [2.75, 3.05) is 6.61 Å². The average molecular weight is 442 g/mol. The van der Waals surface area contributed by atoms with E-state index < -0.39 is 46.0 Å². The van der Waals surface area contributed by atoms with Gasteiger partial charge in [-0.25, -0.2) is 9.59 Å². The van der Waals surface area contributed by atoms with E-state index in [1.165, 1.54) is 0 Å². The van der Waals surface area contributed by atoms with E-state index in [0.717, 1.165) is 6.42 Å². The van der Waals surface area contributed by atoms with Gasteiger partial charge in [-0.1, -0.05) is 43.7 Å². The molecule has 1 aromatic rings. The van der Waals surface area contributed by atoms with Crippen molar-refractivity contribution in [1.29, 1.82) is 0 Å². The molecule has 0 aliphatic heterocycles. The molecule has 1 aromatic carbocycles. The summed E-state index contributed by atoms with van der Waals surface area (Å²) in [7, 11) is 0. The minimum absolute atomic E-state index is 0.202. The van der Waals surface area contributed by atoms with E-state index >= 15 is 0 Å². The number of hydrogen-bond donors (Lipinski definition) is 1. The van der Waals surface area contributed by atoms with E-state index in [9.17, 15) is 14.1 Å². The van der Waals surface area contributed by atoms with Crippen LogP contribution >= 0.6 is 0 Å². The number of carbonyl (C=O) groups is 2. The van der Waals surface area contributed by atoms with E-state index in [1.807, 2.05) is 33.8 Å². The van der Waals surface area contributed by atoms with Gasteiger partial charge in [0, 0.05) is 11.4 Å². The third-order valence-electron chi connectivity index (χ3n) is 3.84. The van der Waals surface area contributed by atoms with E-state index in [0.29, 0.717) is 12.0 Å². The highest BCUT2D eigenvalue weighted by molar-refractivity contribution is 7.90. The van der Waals surface area contributed by atoms with Gasteiger partial charge in [0.15, 0.2) is 0 Å². The Morgan fingerprint density at radius 2 is 1.70 bits per heavy atom. The van der Waals surface area contributed by atoms with Crippen molar-refractivity contribution in [3.05, 3.63) is 35.9 Å². The Morgan fingerprint density at radius 1 is 1.10 bits per heavy atom. The van der Waals surface area contributed by atoms with Crippen molar-refractivity contribution in [2.45, 2.75) is 83.8 Å². The van der Waals surface area contributed by atoms with Crippen molar-refractivity contribution in [3.8, 4) is 0 Å². The second-order valence-electron chi connectivity index (χ2n) is 8.91. The minimum atomic E-state index is -1.54. The quantitative estimate of drug-likeness (QED) is 0.344. The van der Waals surface area contributed by atoms with Crippen molar-refractivity contribution in [3.63, 3.8) is 0 Å².